The number of hydrogen-bond acceptors (Lipinski definition) is 5. The van der Waals surface area contributed by atoms with Gasteiger partial charge in [0.25, 0.3) is 0 Å². The largest absolute Gasteiger partial charge is 0.550 e. The van der Waals surface area contributed by atoms with Gasteiger partial charge in [0.15, 0.2) is 0 Å². The van der Waals surface area contributed by atoms with E-state index in [2.05, 4.69) is 4.98 Å². The van der Waals surface area contributed by atoms with Crippen LogP contribution in [-0.4, -0.2) is 11.0 Å². The SMILES string of the molecule is O=C([O-])CC/C(=C\c1cccs1)c1nc2ccccc2s1. The summed E-state index contributed by atoms with van der Waals surface area (Å²) in [4.78, 5) is 16.5. The molecule has 21 heavy (non-hydrogen) atoms. The van der Waals surface area contributed by atoms with Crippen molar-refractivity contribution < 1.29 is 9.90 Å². The number of carboxylic acids is 1. The van der Waals surface area contributed by atoms with E-state index < -0.39 is 5.97 Å². The van der Waals surface area contributed by atoms with Crippen molar-refractivity contribution >= 4 is 50.5 Å². The van der Waals surface area contributed by atoms with E-state index in [0.29, 0.717) is 6.42 Å². The zero-order valence-electron chi connectivity index (χ0n) is 11.1. The number of carbonyl (C=O) groups is 1. The van der Waals surface area contributed by atoms with E-state index in [1.165, 1.54) is 0 Å². The van der Waals surface area contributed by atoms with Crippen molar-refractivity contribution in [2.75, 3.05) is 0 Å². The van der Waals surface area contributed by atoms with Crippen molar-refractivity contribution in [3.05, 3.63) is 51.7 Å². The fourth-order valence-corrected chi connectivity index (χ4v) is 3.72. The molecule has 3 aromatic rings. The van der Waals surface area contributed by atoms with Crippen LogP contribution in [0.4, 0.5) is 0 Å². The standard InChI is InChI=1S/C16H13NO2S2/c18-15(19)8-7-11(10-12-4-3-9-20-12)16-17-13-5-1-2-6-14(13)21-16/h1-6,9-10H,7-8H2,(H,18,19)/p-1/b11-10+. The van der Waals surface area contributed by atoms with Crippen LogP contribution >= 0.6 is 22.7 Å². The molecule has 0 spiro atoms. The lowest BCUT2D eigenvalue weighted by Gasteiger charge is -2.05. The van der Waals surface area contributed by atoms with Crippen LogP contribution in [0.3, 0.4) is 0 Å². The second-order valence-corrected chi connectivity index (χ2v) is 6.55. The number of benzene rings is 1. The third kappa shape index (κ3) is 3.37. The van der Waals surface area contributed by atoms with Gasteiger partial charge < -0.3 is 9.90 Å². The molecular formula is C16H12NO2S2-. The highest BCUT2D eigenvalue weighted by molar-refractivity contribution is 7.19. The molecule has 0 aliphatic rings. The fourth-order valence-electron chi connectivity index (χ4n) is 2.03. The lowest BCUT2D eigenvalue weighted by atomic mass is 10.1. The molecule has 106 valence electrons. The molecule has 2 heterocycles. The summed E-state index contributed by atoms with van der Waals surface area (Å²) in [6.07, 6.45) is 2.46. The average Bonchev–Trinajstić information content (AvgIpc) is 3.11. The molecule has 0 saturated carbocycles. The smallest absolute Gasteiger partial charge is 0.120 e. The lowest BCUT2D eigenvalue weighted by Crippen LogP contribution is -2.21. The van der Waals surface area contributed by atoms with Gasteiger partial charge in [-0.15, -0.1) is 22.7 Å². The highest BCUT2D eigenvalue weighted by Crippen LogP contribution is 2.31. The Hall–Kier alpha value is -1.98. The highest BCUT2D eigenvalue weighted by Gasteiger charge is 2.09. The zero-order chi connectivity index (χ0) is 14.7. The molecular weight excluding hydrogens is 302 g/mol. The minimum absolute atomic E-state index is 0.00708. The zero-order valence-corrected chi connectivity index (χ0v) is 12.7. The van der Waals surface area contributed by atoms with Gasteiger partial charge in [-0.25, -0.2) is 4.98 Å². The Morgan fingerprint density at radius 1 is 1.19 bits per heavy atom. The fraction of sp³-hybridized carbons (Fsp3) is 0.125. The molecule has 1 aromatic carbocycles. The molecule has 0 aliphatic carbocycles. The van der Waals surface area contributed by atoms with E-state index in [-0.39, 0.29) is 6.42 Å². The van der Waals surface area contributed by atoms with E-state index in [0.717, 1.165) is 25.7 Å². The van der Waals surface area contributed by atoms with Crippen molar-refractivity contribution in [2.24, 2.45) is 0 Å². The maximum Gasteiger partial charge on any atom is 0.120 e. The number of rotatable bonds is 5. The van der Waals surface area contributed by atoms with Gasteiger partial charge in [0.1, 0.15) is 5.01 Å². The number of allylic oxidation sites excluding steroid dienone is 1. The van der Waals surface area contributed by atoms with Crippen LogP contribution < -0.4 is 5.11 Å². The van der Waals surface area contributed by atoms with Gasteiger partial charge in [-0.05, 0) is 48.1 Å². The van der Waals surface area contributed by atoms with Gasteiger partial charge in [0.2, 0.25) is 0 Å². The summed E-state index contributed by atoms with van der Waals surface area (Å²) in [5, 5.41) is 13.6. The Morgan fingerprint density at radius 2 is 2.05 bits per heavy atom. The van der Waals surface area contributed by atoms with Gasteiger partial charge in [-0.2, -0.15) is 0 Å². The summed E-state index contributed by atoms with van der Waals surface area (Å²) in [6.45, 7) is 0. The number of carbonyl (C=O) groups excluding carboxylic acids is 1. The monoisotopic (exact) mass is 314 g/mol. The van der Waals surface area contributed by atoms with Gasteiger partial charge in [-0.1, -0.05) is 18.2 Å². The number of thiophene rings is 1. The molecule has 0 bridgehead atoms. The van der Waals surface area contributed by atoms with Crippen molar-refractivity contribution in [2.45, 2.75) is 12.8 Å². The maximum atomic E-state index is 10.8. The molecule has 0 atom stereocenters. The summed E-state index contributed by atoms with van der Waals surface area (Å²) >= 11 is 3.22. The molecule has 3 nitrogen and oxygen atoms in total. The first kappa shape index (κ1) is 14.0. The number of fused-ring (bicyclic) bond motifs is 1. The Kier molecular flexibility index (Phi) is 4.13. The Bertz CT molecular complexity index is 755. The van der Waals surface area contributed by atoms with E-state index in [1.54, 1.807) is 22.7 Å². The predicted molar refractivity (Wildman–Crippen MR) is 86.1 cm³/mol. The van der Waals surface area contributed by atoms with Crippen LogP contribution in [0.5, 0.6) is 0 Å². The maximum absolute atomic E-state index is 10.8. The molecule has 0 aliphatic heterocycles. The van der Waals surface area contributed by atoms with Crippen LogP contribution in [0.25, 0.3) is 21.9 Å². The van der Waals surface area contributed by atoms with Crippen molar-refractivity contribution in [3.8, 4) is 0 Å². The molecule has 0 radical (unpaired) electrons. The predicted octanol–water partition coefficient (Wildman–Crippen LogP) is 3.43. The van der Waals surface area contributed by atoms with E-state index in [1.807, 2.05) is 47.9 Å². The number of thiazole rings is 1. The molecule has 2 aromatic heterocycles. The van der Waals surface area contributed by atoms with E-state index >= 15 is 0 Å². The molecule has 3 rings (SSSR count). The normalized spacial score (nSPS) is 11.9. The van der Waals surface area contributed by atoms with Gasteiger partial charge in [-0.3, -0.25) is 0 Å². The lowest BCUT2D eigenvalue weighted by molar-refractivity contribution is -0.305. The van der Waals surface area contributed by atoms with Crippen molar-refractivity contribution in [1.82, 2.24) is 4.98 Å². The first-order valence-corrected chi connectivity index (χ1v) is 8.22. The molecule has 0 fully saturated rings. The Labute approximate surface area is 130 Å². The third-order valence-corrected chi connectivity index (χ3v) is 4.96. The number of hydrogen-bond donors (Lipinski definition) is 0. The van der Waals surface area contributed by atoms with Crippen LogP contribution in [0, 0.1) is 0 Å². The van der Waals surface area contributed by atoms with Crippen molar-refractivity contribution in [3.63, 3.8) is 0 Å². The summed E-state index contributed by atoms with van der Waals surface area (Å²) in [5.41, 5.74) is 1.89. The number of nitrogens with zero attached hydrogens (tertiary/aromatic N) is 1. The van der Waals surface area contributed by atoms with Gasteiger partial charge >= 0.3 is 0 Å². The van der Waals surface area contributed by atoms with Gasteiger partial charge in [0, 0.05) is 10.8 Å². The third-order valence-electron chi connectivity index (χ3n) is 3.03. The van der Waals surface area contributed by atoms with Crippen LogP contribution in [-0.2, 0) is 4.79 Å². The van der Waals surface area contributed by atoms with E-state index in [4.69, 9.17) is 0 Å². The molecule has 0 saturated heterocycles. The van der Waals surface area contributed by atoms with E-state index in [9.17, 15) is 9.90 Å². The van der Waals surface area contributed by atoms with Crippen LogP contribution in [0.15, 0.2) is 41.8 Å². The highest BCUT2D eigenvalue weighted by atomic mass is 32.1. The topological polar surface area (TPSA) is 53.0 Å². The molecule has 0 N–H and O–H groups in total. The second kappa shape index (κ2) is 6.20. The quantitative estimate of drug-likeness (QED) is 0.725. The number of para-hydroxylation sites is 1. The van der Waals surface area contributed by atoms with Crippen LogP contribution in [0.2, 0.25) is 0 Å². The summed E-state index contributed by atoms with van der Waals surface area (Å²) in [7, 11) is 0. The Balaban J connectivity index is 1.99. The number of carboxylic acid groups (broad SMARTS) is 1. The summed E-state index contributed by atoms with van der Waals surface area (Å²) < 4.78 is 1.11. The van der Waals surface area contributed by atoms with Crippen LogP contribution in [0.1, 0.15) is 22.7 Å². The molecule has 5 heteroatoms. The van der Waals surface area contributed by atoms with Crippen molar-refractivity contribution in [1.29, 1.82) is 0 Å². The molecule has 0 unspecified atom stereocenters. The first-order chi connectivity index (χ1) is 10.2. The average molecular weight is 314 g/mol. The number of aromatic nitrogens is 1. The minimum atomic E-state index is -1.03. The van der Waals surface area contributed by atoms with Gasteiger partial charge in [0.05, 0.1) is 10.2 Å². The first-order valence-electron chi connectivity index (χ1n) is 6.52. The molecule has 0 amide bonds. The second-order valence-electron chi connectivity index (χ2n) is 4.54. The minimum Gasteiger partial charge on any atom is -0.550 e. The Morgan fingerprint density at radius 3 is 2.76 bits per heavy atom. The number of aliphatic carboxylic acids is 1. The summed E-state index contributed by atoms with van der Waals surface area (Å²) in [6, 6.07) is 11.9. The summed E-state index contributed by atoms with van der Waals surface area (Å²) in [5.74, 6) is -1.03.